The van der Waals surface area contributed by atoms with Crippen molar-refractivity contribution >= 4 is 12.0 Å². The molecule has 0 heterocycles. The molecule has 0 aromatic heterocycles. The molecule has 2 aromatic carbocycles. The summed E-state index contributed by atoms with van der Waals surface area (Å²) < 4.78 is 4.67. The van der Waals surface area contributed by atoms with Gasteiger partial charge in [0, 0.05) is 6.04 Å². The summed E-state index contributed by atoms with van der Waals surface area (Å²) >= 11 is 0. The molecule has 1 atom stereocenters. The Kier molecular flexibility index (Phi) is 7.01. The van der Waals surface area contributed by atoms with Gasteiger partial charge in [-0.05, 0) is 17.5 Å². The van der Waals surface area contributed by atoms with Gasteiger partial charge in [0.15, 0.2) is 0 Å². The van der Waals surface area contributed by atoms with E-state index in [0.717, 1.165) is 11.1 Å². The quantitative estimate of drug-likeness (QED) is 0.759. The van der Waals surface area contributed by atoms with Gasteiger partial charge in [-0.1, -0.05) is 67.6 Å². The molecule has 0 saturated heterocycles. The predicted octanol–water partition coefficient (Wildman–Crippen LogP) is 3.42. The number of esters is 1. The molecule has 0 aliphatic carbocycles. The molecule has 0 radical (unpaired) electrons. The molecule has 1 unspecified atom stereocenters. The van der Waals surface area contributed by atoms with Gasteiger partial charge < -0.3 is 15.4 Å². The molecule has 0 saturated carbocycles. The molecule has 0 aliphatic rings. The highest BCUT2D eigenvalue weighted by Crippen LogP contribution is 2.21. The van der Waals surface area contributed by atoms with Crippen molar-refractivity contribution in [3.63, 3.8) is 0 Å². The van der Waals surface area contributed by atoms with E-state index in [4.69, 9.17) is 0 Å². The maximum absolute atomic E-state index is 12.5. The number of hydrogen-bond acceptors (Lipinski definition) is 3. The Labute approximate surface area is 148 Å². The first-order chi connectivity index (χ1) is 12.1. The molecule has 0 bridgehead atoms. The average molecular weight is 340 g/mol. The molecule has 132 valence electrons. The van der Waals surface area contributed by atoms with Crippen LogP contribution in [0.2, 0.25) is 0 Å². The van der Waals surface area contributed by atoms with Crippen molar-refractivity contribution in [3.05, 3.63) is 71.8 Å². The summed E-state index contributed by atoms with van der Waals surface area (Å²) in [5.74, 6) is -0.338. The first-order valence-corrected chi connectivity index (χ1v) is 8.37. The highest BCUT2D eigenvalue weighted by molar-refractivity contribution is 5.77. The van der Waals surface area contributed by atoms with Crippen LogP contribution in [0.1, 0.15) is 36.9 Å². The van der Waals surface area contributed by atoms with Crippen molar-refractivity contribution < 1.29 is 14.3 Å². The third-order valence-corrected chi connectivity index (χ3v) is 4.01. The fourth-order valence-corrected chi connectivity index (χ4v) is 2.59. The summed E-state index contributed by atoms with van der Waals surface area (Å²) in [6.07, 6.45) is 0.797. The zero-order valence-corrected chi connectivity index (χ0v) is 14.6. The van der Waals surface area contributed by atoms with Crippen LogP contribution in [-0.2, 0) is 9.53 Å². The van der Waals surface area contributed by atoms with Crippen LogP contribution >= 0.6 is 0 Å². The summed E-state index contributed by atoms with van der Waals surface area (Å²) in [5.41, 5.74) is 1.98. The van der Waals surface area contributed by atoms with Crippen molar-refractivity contribution in [2.45, 2.75) is 31.8 Å². The maximum Gasteiger partial charge on any atom is 0.315 e. The smallest absolute Gasteiger partial charge is 0.315 e. The van der Waals surface area contributed by atoms with Gasteiger partial charge in [0.1, 0.15) is 0 Å². The lowest BCUT2D eigenvalue weighted by Gasteiger charge is -2.22. The zero-order chi connectivity index (χ0) is 18.1. The summed E-state index contributed by atoms with van der Waals surface area (Å²) in [4.78, 5) is 23.9. The molecule has 0 fully saturated rings. The Morgan fingerprint density at radius 2 is 1.44 bits per heavy atom. The number of hydrogen-bond donors (Lipinski definition) is 2. The summed E-state index contributed by atoms with van der Waals surface area (Å²) in [6.45, 7) is 1.92. The van der Waals surface area contributed by atoms with E-state index in [-0.39, 0.29) is 30.5 Å². The summed E-state index contributed by atoms with van der Waals surface area (Å²) in [6, 6.07) is 18.7. The van der Waals surface area contributed by atoms with E-state index >= 15 is 0 Å². The molecule has 2 N–H and O–H groups in total. The molecule has 0 spiro atoms. The third-order valence-electron chi connectivity index (χ3n) is 4.01. The Morgan fingerprint density at radius 1 is 0.920 bits per heavy atom. The SMILES string of the molecule is CCC(CC(=O)OC)NC(=O)NC(c1ccccc1)c1ccccc1. The zero-order valence-electron chi connectivity index (χ0n) is 14.6. The lowest BCUT2D eigenvalue weighted by Crippen LogP contribution is -2.44. The van der Waals surface area contributed by atoms with Crippen LogP contribution < -0.4 is 10.6 Å². The summed E-state index contributed by atoms with van der Waals surface area (Å²) in [5, 5.41) is 5.85. The minimum absolute atomic E-state index is 0.155. The molecule has 5 heteroatoms. The molecule has 2 aromatic rings. The molecular formula is C20H24N2O3. The van der Waals surface area contributed by atoms with E-state index in [9.17, 15) is 9.59 Å². The van der Waals surface area contributed by atoms with Crippen molar-refractivity contribution in [1.82, 2.24) is 10.6 Å². The van der Waals surface area contributed by atoms with E-state index < -0.39 is 0 Å². The minimum Gasteiger partial charge on any atom is -0.469 e. The van der Waals surface area contributed by atoms with Gasteiger partial charge in [-0.3, -0.25) is 4.79 Å². The van der Waals surface area contributed by atoms with Gasteiger partial charge in [0.2, 0.25) is 0 Å². The number of ether oxygens (including phenoxy) is 1. The highest BCUT2D eigenvalue weighted by atomic mass is 16.5. The first kappa shape index (κ1) is 18.5. The van der Waals surface area contributed by atoms with Gasteiger partial charge in [-0.25, -0.2) is 4.79 Å². The Bertz CT molecular complexity index is 634. The minimum atomic E-state index is -0.338. The molecular weight excluding hydrogens is 316 g/mol. The van der Waals surface area contributed by atoms with Crippen LogP contribution in [0.5, 0.6) is 0 Å². The van der Waals surface area contributed by atoms with Gasteiger partial charge >= 0.3 is 12.0 Å². The average Bonchev–Trinajstić information content (AvgIpc) is 2.66. The van der Waals surface area contributed by atoms with Crippen molar-refractivity contribution in [1.29, 1.82) is 0 Å². The second kappa shape index (κ2) is 9.47. The fraction of sp³-hybridized carbons (Fsp3) is 0.300. The van der Waals surface area contributed by atoms with E-state index in [2.05, 4.69) is 15.4 Å². The summed E-state index contributed by atoms with van der Waals surface area (Å²) in [7, 11) is 1.34. The largest absolute Gasteiger partial charge is 0.469 e. The number of rotatable bonds is 7. The Morgan fingerprint density at radius 3 is 1.88 bits per heavy atom. The topological polar surface area (TPSA) is 67.4 Å². The molecule has 2 rings (SSSR count). The number of benzene rings is 2. The van der Waals surface area contributed by atoms with Crippen molar-refractivity contribution in [2.24, 2.45) is 0 Å². The van der Waals surface area contributed by atoms with Gasteiger partial charge in [-0.15, -0.1) is 0 Å². The number of amides is 2. The van der Waals surface area contributed by atoms with E-state index in [1.165, 1.54) is 7.11 Å². The molecule has 5 nitrogen and oxygen atoms in total. The van der Waals surface area contributed by atoms with Crippen molar-refractivity contribution in [2.75, 3.05) is 7.11 Å². The van der Waals surface area contributed by atoms with Crippen molar-refractivity contribution in [3.8, 4) is 0 Å². The predicted molar refractivity (Wildman–Crippen MR) is 97.1 cm³/mol. The lowest BCUT2D eigenvalue weighted by molar-refractivity contribution is -0.141. The fourth-order valence-electron chi connectivity index (χ4n) is 2.59. The Hall–Kier alpha value is -2.82. The second-order valence-corrected chi connectivity index (χ2v) is 5.76. The van der Waals surface area contributed by atoms with Crippen LogP contribution in [0.4, 0.5) is 4.79 Å². The van der Waals surface area contributed by atoms with Crippen LogP contribution in [0.3, 0.4) is 0 Å². The van der Waals surface area contributed by atoms with E-state index in [0.29, 0.717) is 6.42 Å². The highest BCUT2D eigenvalue weighted by Gasteiger charge is 2.19. The van der Waals surface area contributed by atoms with Crippen LogP contribution in [0.15, 0.2) is 60.7 Å². The lowest BCUT2D eigenvalue weighted by atomic mass is 9.99. The Balaban J connectivity index is 2.11. The number of carbonyl (C=O) groups is 2. The van der Waals surface area contributed by atoms with Crippen LogP contribution in [0.25, 0.3) is 0 Å². The normalized spacial score (nSPS) is 11.6. The molecule has 2 amide bonds. The number of methoxy groups -OCH3 is 1. The van der Waals surface area contributed by atoms with Crippen LogP contribution in [0, 0.1) is 0 Å². The monoisotopic (exact) mass is 340 g/mol. The van der Waals surface area contributed by atoms with E-state index in [1.807, 2.05) is 67.6 Å². The number of carbonyl (C=O) groups excluding carboxylic acids is 2. The van der Waals surface area contributed by atoms with Crippen LogP contribution in [-0.4, -0.2) is 25.2 Å². The standard InChI is InChI=1S/C20H24N2O3/c1-3-17(14-18(23)25-2)21-20(24)22-19(15-10-6-4-7-11-15)16-12-8-5-9-13-16/h4-13,17,19H,3,14H2,1-2H3,(H2,21,22,24). The number of nitrogens with one attached hydrogen (secondary N) is 2. The second-order valence-electron chi connectivity index (χ2n) is 5.76. The molecule has 0 aliphatic heterocycles. The third kappa shape index (κ3) is 5.64. The van der Waals surface area contributed by atoms with Gasteiger partial charge in [0.25, 0.3) is 0 Å². The maximum atomic E-state index is 12.5. The van der Waals surface area contributed by atoms with Gasteiger partial charge in [-0.2, -0.15) is 0 Å². The first-order valence-electron chi connectivity index (χ1n) is 8.37. The van der Waals surface area contributed by atoms with E-state index in [1.54, 1.807) is 0 Å². The van der Waals surface area contributed by atoms with Gasteiger partial charge in [0.05, 0.1) is 19.6 Å². The number of urea groups is 1. The molecule has 25 heavy (non-hydrogen) atoms.